The Morgan fingerprint density at radius 2 is 1.71 bits per heavy atom. The van der Waals surface area contributed by atoms with E-state index < -0.39 is 0 Å². The van der Waals surface area contributed by atoms with Gasteiger partial charge >= 0.3 is 6.03 Å². The normalized spacial score (nSPS) is 20.5. The van der Waals surface area contributed by atoms with Gasteiger partial charge in [-0.15, -0.1) is 0 Å². The summed E-state index contributed by atoms with van der Waals surface area (Å²) >= 11 is 0. The number of fused-ring (bicyclic) bond motifs is 2. The van der Waals surface area contributed by atoms with Crippen LogP contribution in [0.25, 0.3) is 0 Å². The van der Waals surface area contributed by atoms with Gasteiger partial charge in [0.15, 0.2) is 11.5 Å². The lowest BCUT2D eigenvalue weighted by Crippen LogP contribution is -2.52. The first kappa shape index (κ1) is 23.3. The summed E-state index contributed by atoms with van der Waals surface area (Å²) in [5.74, 6) is 2.11. The number of amides is 3. The van der Waals surface area contributed by atoms with Gasteiger partial charge in [-0.05, 0) is 69.0 Å². The molecule has 2 aromatic carbocycles. The number of anilines is 1. The van der Waals surface area contributed by atoms with E-state index in [0.29, 0.717) is 45.7 Å². The highest BCUT2D eigenvalue weighted by molar-refractivity contribution is 5.94. The van der Waals surface area contributed by atoms with E-state index in [1.54, 1.807) is 0 Å². The number of rotatable bonds is 3. The van der Waals surface area contributed by atoms with Gasteiger partial charge in [-0.25, -0.2) is 4.79 Å². The molecule has 3 amide bonds. The summed E-state index contributed by atoms with van der Waals surface area (Å²) in [5, 5.41) is 3.14. The summed E-state index contributed by atoms with van der Waals surface area (Å²) in [6, 6.07) is 11.5. The number of aryl methyl sites for hydroxylation is 1. The summed E-state index contributed by atoms with van der Waals surface area (Å²) in [5.41, 5.74) is 2.88. The minimum Gasteiger partial charge on any atom is -0.487 e. The van der Waals surface area contributed by atoms with Gasteiger partial charge < -0.3 is 24.4 Å². The van der Waals surface area contributed by atoms with Gasteiger partial charge in [0.1, 0.15) is 25.1 Å². The van der Waals surface area contributed by atoms with Crippen molar-refractivity contribution in [1.82, 2.24) is 10.2 Å². The van der Waals surface area contributed by atoms with E-state index in [1.807, 2.05) is 67.0 Å². The third-order valence-corrected chi connectivity index (χ3v) is 6.97. The van der Waals surface area contributed by atoms with Crippen LogP contribution in [-0.2, 0) is 4.79 Å². The molecule has 3 heterocycles. The molecule has 0 aliphatic carbocycles. The fourth-order valence-electron chi connectivity index (χ4n) is 4.98. The van der Waals surface area contributed by atoms with Crippen LogP contribution in [0, 0.1) is 12.8 Å². The van der Waals surface area contributed by atoms with Gasteiger partial charge in [0, 0.05) is 19.0 Å². The molecule has 0 spiro atoms. The molecule has 0 unspecified atom stereocenters. The fourth-order valence-corrected chi connectivity index (χ4v) is 4.98. The Labute approximate surface area is 206 Å². The highest BCUT2D eigenvalue weighted by atomic mass is 16.6. The summed E-state index contributed by atoms with van der Waals surface area (Å²) in [4.78, 5) is 30.1. The van der Waals surface area contributed by atoms with E-state index >= 15 is 0 Å². The number of urea groups is 1. The molecule has 2 atom stereocenters. The van der Waals surface area contributed by atoms with Crippen LogP contribution in [0.3, 0.4) is 0 Å². The first-order valence-electron chi connectivity index (χ1n) is 12.4. The molecule has 186 valence electrons. The van der Waals surface area contributed by atoms with Gasteiger partial charge in [-0.2, -0.15) is 0 Å². The SMILES string of the molecule is Cc1ccc2c(c1)N(C(=O)N1CCC(C(=O)N[C@H](C)c3ccc4c(c3)OCCO4)CC1)C[C@H](C)O2. The van der Waals surface area contributed by atoms with Crippen molar-refractivity contribution in [1.29, 1.82) is 0 Å². The Kier molecular flexibility index (Phi) is 6.45. The number of piperidine rings is 1. The van der Waals surface area contributed by atoms with Crippen molar-refractivity contribution in [2.45, 2.75) is 45.8 Å². The fraction of sp³-hybridized carbons (Fsp3) is 0.481. The number of hydrogen-bond donors (Lipinski definition) is 1. The first-order valence-corrected chi connectivity index (χ1v) is 12.4. The summed E-state index contributed by atoms with van der Waals surface area (Å²) in [6.45, 7) is 8.67. The molecule has 0 aromatic heterocycles. The van der Waals surface area contributed by atoms with Gasteiger partial charge in [-0.3, -0.25) is 9.69 Å². The maximum Gasteiger partial charge on any atom is 0.324 e. The van der Waals surface area contributed by atoms with Crippen LogP contribution in [0.4, 0.5) is 10.5 Å². The Bertz CT molecular complexity index is 1110. The van der Waals surface area contributed by atoms with Crippen LogP contribution in [0.2, 0.25) is 0 Å². The maximum atomic E-state index is 13.4. The third-order valence-electron chi connectivity index (χ3n) is 6.97. The Morgan fingerprint density at radius 3 is 2.49 bits per heavy atom. The summed E-state index contributed by atoms with van der Waals surface area (Å²) in [6.07, 6.45) is 1.22. The van der Waals surface area contributed by atoms with Crippen molar-refractivity contribution in [3.8, 4) is 17.2 Å². The minimum absolute atomic E-state index is 0.0181. The molecule has 1 fully saturated rings. The zero-order chi connectivity index (χ0) is 24.5. The number of likely N-dealkylation sites (tertiary alicyclic amines) is 1. The molecule has 8 heteroatoms. The van der Waals surface area contributed by atoms with Crippen molar-refractivity contribution in [2.75, 3.05) is 37.7 Å². The van der Waals surface area contributed by atoms with Crippen molar-refractivity contribution in [3.63, 3.8) is 0 Å². The van der Waals surface area contributed by atoms with Crippen molar-refractivity contribution < 1.29 is 23.8 Å². The molecular weight excluding hydrogens is 446 g/mol. The molecular formula is C27H33N3O5. The van der Waals surface area contributed by atoms with Gasteiger partial charge in [0.25, 0.3) is 0 Å². The van der Waals surface area contributed by atoms with E-state index in [0.717, 1.165) is 34.1 Å². The van der Waals surface area contributed by atoms with Crippen molar-refractivity contribution in [2.24, 2.45) is 5.92 Å². The molecule has 35 heavy (non-hydrogen) atoms. The average molecular weight is 480 g/mol. The topological polar surface area (TPSA) is 80.3 Å². The first-order chi connectivity index (χ1) is 16.9. The second-order valence-corrected chi connectivity index (χ2v) is 9.69. The van der Waals surface area contributed by atoms with E-state index in [4.69, 9.17) is 14.2 Å². The number of nitrogens with zero attached hydrogens (tertiary/aromatic N) is 2. The predicted molar refractivity (Wildman–Crippen MR) is 132 cm³/mol. The lowest BCUT2D eigenvalue weighted by molar-refractivity contribution is -0.126. The molecule has 1 saturated heterocycles. The van der Waals surface area contributed by atoms with Crippen molar-refractivity contribution in [3.05, 3.63) is 47.5 Å². The van der Waals surface area contributed by atoms with Crippen LogP contribution in [-0.4, -0.2) is 55.8 Å². The Balaban J connectivity index is 1.18. The predicted octanol–water partition coefficient (Wildman–Crippen LogP) is 4.06. The number of ether oxygens (including phenoxy) is 3. The monoisotopic (exact) mass is 479 g/mol. The minimum atomic E-state index is -0.146. The van der Waals surface area contributed by atoms with Crippen LogP contribution < -0.4 is 24.4 Å². The third kappa shape index (κ3) is 4.88. The molecule has 8 nitrogen and oxygen atoms in total. The van der Waals surface area contributed by atoms with Crippen LogP contribution in [0.5, 0.6) is 17.2 Å². The van der Waals surface area contributed by atoms with Crippen LogP contribution >= 0.6 is 0 Å². The molecule has 0 saturated carbocycles. The number of carbonyl (C=O) groups excluding carboxylic acids is 2. The van der Waals surface area contributed by atoms with Crippen LogP contribution in [0.1, 0.15) is 43.9 Å². The van der Waals surface area contributed by atoms with Gasteiger partial charge in [-0.1, -0.05) is 12.1 Å². The maximum absolute atomic E-state index is 13.4. The lowest BCUT2D eigenvalue weighted by Gasteiger charge is -2.39. The highest BCUT2D eigenvalue weighted by Crippen LogP contribution is 2.36. The number of nitrogens with one attached hydrogen (secondary N) is 1. The second kappa shape index (κ2) is 9.68. The zero-order valence-corrected chi connectivity index (χ0v) is 20.6. The quantitative estimate of drug-likeness (QED) is 0.718. The standard InChI is InChI=1S/C27H33N3O5/c1-17-4-6-23-22(14-17)30(16-18(2)35-23)27(32)29-10-8-20(9-11-29)26(31)28-19(3)21-5-7-24-25(15-21)34-13-12-33-24/h4-7,14-15,18-20H,8-13,16H2,1-3H3,(H,28,31)/t18-,19+/m0/s1. The zero-order valence-electron chi connectivity index (χ0n) is 20.6. The molecule has 5 rings (SSSR count). The molecule has 1 N–H and O–H groups in total. The number of carbonyl (C=O) groups is 2. The van der Waals surface area contributed by atoms with Crippen molar-refractivity contribution >= 4 is 17.6 Å². The number of hydrogen-bond acceptors (Lipinski definition) is 5. The molecule has 0 radical (unpaired) electrons. The Hall–Kier alpha value is -3.42. The van der Waals surface area contributed by atoms with E-state index in [9.17, 15) is 9.59 Å². The summed E-state index contributed by atoms with van der Waals surface area (Å²) in [7, 11) is 0. The second-order valence-electron chi connectivity index (χ2n) is 9.69. The van der Waals surface area contributed by atoms with Gasteiger partial charge in [0.2, 0.25) is 5.91 Å². The largest absolute Gasteiger partial charge is 0.487 e. The molecule has 0 bridgehead atoms. The molecule has 3 aliphatic heterocycles. The number of benzene rings is 2. The summed E-state index contributed by atoms with van der Waals surface area (Å²) < 4.78 is 17.2. The molecule has 3 aliphatic rings. The molecule has 2 aromatic rings. The highest BCUT2D eigenvalue weighted by Gasteiger charge is 2.34. The average Bonchev–Trinajstić information content (AvgIpc) is 2.87. The Morgan fingerprint density at radius 1 is 1.00 bits per heavy atom. The van der Waals surface area contributed by atoms with E-state index in [1.165, 1.54) is 0 Å². The smallest absolute Gasteiger partial charge is 0.324 e. The van der Waals surface area contributed by atoms with Gasteiger partial charge in [0.05, 0.1) is 18.3 Å². The van der Waals surface area contributed by atoms with Crippen LogP contribution in [0.15, 0.2) is 36.4 Å². The van der Waals surface area contributed by atoms with E-state index in [-0.39, 0.29) is 30.0 Å². The van der Waals surface area contributed by atoms with E-state index in [2.05, 4.69) is 5.32 Å². The lowest BCUT2D eigenvalue weighted by atomic mass is 9.95.